The Kier molecular flexibility index (Phi) is 6.50. The smallest absolute Gasteiger partial charge is 0.407 e. The van der Waals surface area contributed by atoms with E-state index >= 15 is 0 Å². The monoisotopic (exact) mass is 476 g/mol. The molecule has 0 bridgehead atoms. The number of nitrogens with one attached hydrogen (secondary N) is 1. The minimum absolute atomic E-state index is 0.0173. The summed E-state index contributed by atoms with van der Waals surface area (Å²) in [4.78, 5) is 39.4. The summed E-state index contributed by atoms with van der Waals surface area (Å²) in [5, 5.41) is 12.4. The van der Waals surface area contributed by atoms with E-state index in [0.717, 1.165) is 17.5 Å². The zero-order chi connectivity index (χ0) is 24.5. The van der Waals surface area contributed by atoms with Gasteiger partial charge in [0.05, 0.1) is 11.8 Å². The molecule has 2 aromatic rings. The third-order valence-corrected chi connectivity index (χ3v) is 8.07. The van der Waals surface area contributed by atoms with E-state index < -0.39 is 18.0 Å². The van der Waals surface area contributed by atoms with Gasteiger partial charge in [-0.1, -0.05) is 55.0 Å². The molecule has 35 heavy (non-hydrogen) atoms. The van der Waals surface area contributed by atoms with Gasteiger partial charge in [-0.05, 0) is 54.9 Å². The Morgan fingerprint density at radius 1 is 0.943 bits per heavy atom. The number of rotatable bonds is 5. The highest BCUT2D eigenvalue weighted by Crippen LogP contribution is 2.44. The molecule has 7 nitrogen and oxygen atoms in total. The Bertz CT molecular complexity index is 1090. The minimum atomic E-state index is -0.852. The Hall–Kier alpha value is -3.35. The summed E-state index contributed by atoms with van der Waals surface area (Å²) in [5.41, 5.74) is 4.66. The molecular formula is C28H32N2O5. The third kappa shape index (κ3) is 4.40. The molecule has 1 heterocycles. The van der Waals surface area contributed by atoms with E-state index in [1.165, 1.54) is 11.1 Å². The van der Waals surface area contributed by atoms with Gasteiger partial charge in [0.1, 0.15) is 6.61 Å². The van der Waals surface area contributed by atoms with Crippen molar-refractivity contribution in [3.63, 3.8) is 0 Å². The van der Waals surface area contributed by atoms with Gasteiger partial charge >= 0.3 is 12.1 Å². The fraction of sp³-hybridized carbons (Fsp3) is 0.464. The number of nitrogens with zero attached hydrogens (tertiary/aromatic N) is 1. The Morgan fingerprint density at radius 2 is 1.57 bits per heavy atom. The largest absolute Gasteiger partial charge is 0.481 e. The molecule has 2 aromatic carbocycles. The number of ether oxygens (including phenoxy) is 1. The Morgan fingerprint density at radius 3 is 2.23 bits per heavy atom. The fourth-order valence-corrected chi connectivity index (χ4v) is 6.22. The van der Waals surface area contributed by atoms with Crippen molar-refractivity contribution in [3.05, 3.63) is 59.7 Å². The molecule has 3 aliphatic rings. The van der Waals surface area contributed by atoms with Crippen LogP contribution in [0.5, 0.6) is 0 Å². The van der Waals surface area contributed by atoms with Crippen LogP contribution in [0.15, 0.2) is 48.5 Å². The predicted molar refractivity (Wildman–Crippen MR) is 131 cm³/mol. The van der Waals surface area contributed by atoms with Crippen LogP contribution in [0.3, 0.4) is 0 Å². The van der Waals surface area contributed by atoms with Gasteiger partial charge in [-0.2, -0.15) is 0 Å². The number of carboxylic acids is 1. The van der Waals surface area contributed by atoms with Gasteiger partial charge in [-0.3, -0.25) is 9.59 Å². The van der Waals surface area contributed by atoms with Gasteiger partial charge in [0.15, 0.2) is 0 Å². The van der Waals surface area contributed by atoms with Crippen LogP contribution in [0.4, 0.5) is 4.79 Å². The molecular weight excluding hydrogens is 444 g/mol. The number of amides is 2. The summed E-state index contributed by atoms with van der Waals surface area (Å²) in [6.07, 6.45) is 3.01. The number of carbonyl (C=O) groups excluding carboxylic acids is 2. The molecule has 2 N–H and O–H groups in total. The standard InChI is InChI=1S/C28H32N2O5/c1-17-18(27(32)33)13-7-15-30(17)26(31)23-12-6-14-25(23)29-28(34)35-16-24-21-10-4-2-8-19(21)20-9-3-5-11-22(20)24/h2-5,8-11,17-18,23-25H,6-7,12-16H2,1H3,(H,29,34)(H,32,33)/t17-,18-,23?,25?/m1/s1. The summed E-state index contributed by atoms with van der Waals surface area (Å²) in [5.74, 6) is -1.80. The SMILES string of the molecule is C[C@@H]1[C@H](C(=O)O)CCCN1C(=O)C1CCCC1NC(=O)OCC1c2ccccc2-c2ccccc21. The molecule has 2 aliphatic carbocycles. The van der Waals surface area contributed by atoms with Crippen LogP contribution in [-0.2, 0) is 14.3 Å². The number of benzene rings is 2. The zero-order valence-electron chi connectivity index (χ0n) is 20.0. The van der Waals surface area contributed by atoms with Crippen molar-refractivity contribution >= 4 is 18.0 Å². The first-order valence-corrected chi connectivity index (χ1v) is 12.6. The molecule has 0 spiro atoms. The summed E-state index contributed by atoms with van der Waals surface area (Å²) in [6, 6.07) is 15.8. The molecule has 1 aliphatic heterocycles. The topological polar surface area (TPSA) is 95.9 Å². The maximum absolute atomic E-state index is 13.4. The van der Waals surface area contributed by atoms with E-state index in [2.05, 4.69) is 29.6 Å². The van der Waals surface area contributed by atoms with Gasteiger partial charge < -0.3 is 20.1 Å². The first-order valence-electron chi connectivity index (χ1n) is 12.6. The molecule has 0 radical (unpaired) electrons. The van der Waals surface area contributed by atoms with Gasteiger partial charge in [0, 0.05) is 24.5 Å². The van der Waals surface area contributed by atoms with E-state index in [1.54, 1.807) is 4.90 Å². The fourth-order valence-electron chi connectivity index (χ4n) is 6.22. The zero-order valence-corrected chi connectivity index (χ0v) is 20.0. The molecule has 5 rings (SSSR count). The highest BCUT2D eigenvalue weighted by molar-refractivity contribution is 5.83. The lowest BCUT2D eigenvalue weighted by molar-refractivity contribution is -0.150. The molecule has 184 valence electrons. The number of alkyl carbamates (subject to hydrolysis) is 1. The van der Waals surface area contributed by atoms with Crippen molar-refractivity contribution in [1.29, 1.82) is 0 Å². The van der Waals surface area contributed by atoms with Crippen molar-refractivity contribution in [3.8, 4) is 11.1 Å². The normalized spacial score (nSPS) is 25.6. The average molecular weight is 477 g/mol. The summed E-state index contributed by atoms with van der Waals surface area (Å²) < 4.78 is 5.69. The van der Waals surface area contributed by atoms with Gasteiger partial charge in [-0.15, -0.1) is 0 Å². The number of carbonyl (C=O) groups is 3. The first-order chi connectivity index (χ1) is 17.0. The molecule has 4 atom stereocenters. The van der Waals surface area contributed by atoms with E-state index in [-0.39, 0.29) is 36.4 Å². The maximum atomic E-state index is 13.4. The lowest BCUT2D eigenvalue weighted by atomic mass is 9.88. The van der Waals surface area contributed by atoms with Crippen LogP contribution >= 0.6 is 0 Å². The average Bonchev–Trinajstić information content (AvgIpc) is 3.44. The van der Waals surface area contributed by atoms with Crippen molar-refractivity contribution in [2.75, 3.05) is 13.2 Å². The summed E-state index contributed by atoms with van der Waals surface area (Å²) in [7, 11) is 0. The molecule has 7 heteroatoms. The quantitative estimate of drug-likeness (QED) is 0.667. The molecule has 1 saturated heterocycles. The molecule has 2 amide bonds. The molecule has 1 saturated carbocycles. The van der Waals surface area contributed by atoms with Crippen LogP contribution < -0.4 is 5.32 Å². The highest BCUT2D eigenvalue weighted by atomic mass is 16.5. The van der Waals surface area contributed by atoms with Crippen LogP contribution in [0.25, 0.3) is 11.1 Å². The summed E-state index contributed by atoms with van der Waals surface area (Å²) in [6.45, 7) is 2.62. The van der Waals surface area contributed by atoms with Crippen molar-refractivity contribution in [2.24, 2.45) is 11.8 Å². The molecule has 2 unspecified atom stereocenters. The number of aliphatic carboxylic acids is 1. The maximum Gasteiger partial charge on any atom is 0.407 e. The van der Waals surface area contributed by atoms with Gasteiger partial charge in [0.2, 0.25) is 5.91 Å². The molecule has 2 fully saturated rings. The highest BCUT2D eigenvalue weighted by Gasteiger charge is 2.42. The minimum Gasteiger partial charge on any atom is -0.481 e. The van der Waals surface area contributed by atoms with Crippen LogP contribution in [-0.4, -0.2) is 53.2 Å². The number of piperidine rings is 1. The second-order valence-electron chi connectivity index (χ2n) is 9.97. The van der Waals surface area contributed by atoms with E-state index in [9.17, 15) is 19.5 Å². The summed E-state index contributed by atoms with van der Waals surface area (Å²) >= 11 is 0. The number of hydrogen-bond acceptors (Lipinski definition) is 4. The van der Waals surface area contributed by atoms with Gasteiger partial charge in [-0.25, -0.2) is 4.79 Å². The van der Waals surface area contributed by atoms with E-state index in [1.807, 2.05) is 31.2 Å². The number of likely N-dealkylation sites (tertiary alicyclic amines) is 1. The van der Waals surface area contributed by atoms with Crippen molar-refractivity contribution in [2.45, 2.75) is 57.0 Å². The Labute approximate surface area is 205 Å². The molecule has 0 aromatic heterocycles. The van der Waals surface area contributed by atoms with Gasteiger partial charge in [0.25, 0.3) is 0 Å². The second-order valence-corrected chi connectivity index (χ2v) is 9.97. The number of fused-ring (bicyclic) bond motifs is 3. The van der Waals surface area contributed by atoms with Crippen LogP contribution in [0, 0.1) is 11.8 Å². The van der Waals surface area contributed by atoms with Crippen molar-refractivity contribution < 1.29 is 24.2 Å². The number of hydrogen-bond donors (Lipinski definition) is 2. The van der Waals surface area contributed by atoms with Crippen LogP contribution in [0.1, 0.15) is 56.1 Å². The van der Waals surface area contributed by atoms with E-state index in [0.29, 0.717) is 32.2 Å². The predicted octanol–water partition coefficient (Wildman–Crippen LogP) is 4.41. The lowest BCUT2D eigenvalue weighted by Crippen LogP contribution is -2.53. The van der Waals surface area contributed by atoms with E-state index in [4.69, 9.17) is 4.74 Å². The Balaban J connectivity index is 1.22. The second kappa shape index (κ2) is 9.72. The third-order valence-electron chi connectivity index (χ3n) is 8.07. The first kappa shape index (κ1) is 23.4. The van der Waals surface area contributed by atoms with Crippen molar-refractivity contribution in [1.82, 2.24) is 10.2 Å². The number of carboxylic acid groups (broad SMARTS) is 1. The lowest BCUT2D eigenvalue weighted by Gasteiger charge is -2.39. The van der Waals surface area contributed by atoms with Crippen LogP contribution in [0.2, 0.25) is 0 Å².